The number of para-hydroxylation sites is 1. The van der Waals surface area contributed by atoms with Gasteiger partial charge >= 0.3 is 0 Å². The Kier molecular flexibility index (Phi) is 3.32. The van der Waals surface area contributed by atoms with E-state index in [4.69, 9.17) is 0 Å². The molecule has 3 aromatic rings. The molecule has 0 unspecified atom stereocenters. The van der Waals surface area contributed by atoms with Crippen molar-refractivity contribution < 1.29 is 9.18 Å². The van der Waals surface area contributed by atoms with Gasteiger partial charge in [0.2, 0.25) is 5.78 Å². The molecule has 4 heteroatoms. The van der Waals surface area contributed by atoms with Crippen molar-refractivity contribution in [1.29, 1.82) is 0 Å². The van der Waals surface area contributed by atoms with Crippen LogP contribution >= 0.6 is 15.9 Å². The highest BCUT2D eigenvalue weighted by Gasteiger charge is 2.15. The van der Waals surface area contributed by atoms with Crippen LogP contribution < -0.4 is 0 Å². The first-order chi connectivity index (χ1) is 9.65. The summed E-state index contributed by atoms with van der Waals surface area (Å²) < 4.78 is 13.5. The highest BCUT2D eigenvalue weighted by Crippen LogP contribution is 2.23. The molecule has 0 amide bonds. The van der Waals surface area contributed by atoms with Crippen LogP contribution in [0.15, 0.2) is 59.1 Å². The Morgan fingerprint density at radius 3 is 2.50 bits per heavy atom. The van der Waals surface area contributed by atoms with Crippen LogP contribution in [0.25, 0.3) is 10.9 Å². The molecule has 0 spiro atoms. The molecule has 98 valence electrons. The fourth-order valence-electron chi connectivity index (χ4n) is 1.99. The summed E-state index contributed by atoms with van der Waals surface area (Å²) in [5, 5.41) is 0.954. The highest BCUT2D eigenvalue weighted by molar-refractivity contribution is 9.10. The second-order valence-electron chi connectivity index (χ2n) is 4.35. The molecule has 3 rings (SSSR count). The number of nitrogens with zero attached hydrogens (tertiary/aromatic N) is 1. The van der Waals surface area contributed by atoms with E-state index in [0.29, 0.717) is 15.7 Å². The van der Waals surface area contributed by atoms with Crippen LogP contribution in [0.3, 0.4) is 0 Å². The molecule has 0 N–H and O–H groups in total. The summed E-state index contributed by atoms with van der Waals surface area (Å²) >= 11 is 3.37. The first-order valence-electron chi connectivity index (χ1n) is 6.01. The maximum Gasteiger partial charge on any atom is 0.212 e. The van der Waals surface area contributed by atoms with Gasteiger partial charge in [-0.25, -0.2) is 9.37 Å². The first kappa shape index (κ1) is 12.9. The number of fused-ring (bicyclic) bond motifs is 1. The normalized spacial score (nSPS) is 10.7. The Labute approximate surface area is 123 Å². The third kappa shape index (κ3) is 2.34. The van der Waals surface area contributed by atoms with Crippen molar-refractivity contribution in [1.82, 2.24) is 4.98 Å². The van der Waals surface area contributed by atoms with Crippen LogP contribution in [0.2, 0.25) is 0 Å². The Balaban J connectivity index is 2.11. The molecule has 1 heterocycles. The number of carbonyl (C=O) groups is 1. The summed E-state index contributed by atoms with van der Waals surface area (Å²) in [5.41, 5.74) is 1.49. The van der Waals surface area contributed by atoms with Crippen LogP contribution in [-0.2, 0) is 0 Å². The molecule has 0 saturated heterocycles. The predicted molar refractivity (Wildman–Crippen MR) is 79.3 cm³/mol. The van der Waals surface area contributed by atoms with Crippen molar-refractivity contribution in [3.05, 3.63) is 76.1 Å². The van der Waals surface area contributed by atoms with Crippen molar-refractivity contribution in [3.63, 3.8) is 0 Å². The van der Waals surface area contributed by atoms with Gasteiger partial charge in [0, 0.05) is 15.4 Å². The van der Waals surface area contributed by atoms with Crippen molar-refractivity contribution in [2.24, 2.45) is 0 Å². The SMILES string of the molecule is O=C(c1ccc(F)cc1)c1nc2ccccc2cc1Br. The highest BCUT2D eigenvalue weighted by atomic mass is 79.9. The Bertz CT molecular complexity index is 799. The second-order valence-corrected chi connectivity index (χ2v) is 5.20. The van der Waals surface area contributed by atoms with Gasteiger partial charge in [-0.05, 0) is 52.3 Å². The van der Waals surface area contributed by atoms with E-state index in [1.807, 2.05) is 30.3 Å². The van der Waals surface area contributed by atoms with Gasteiger partial charge in [-0.2, -0.15) is 0 Å². The van der Waals surface area contributed by atoms with E-state index in [1.165, 1.54) is 24.3 Å². The minimum absolute atomic E-state index is 0.234. The number of halogens is 2. The average molecular weight is 330 g/mol. The fraction of sp³-hybridized carbons (Fsp3) is 0. The minimum atomic E-state index is -0.368. The van der Waals surface area contributed by atoms with Crippen LogP contribution in [0.5, 0.6) is 0 Å². The molecule has 0 atom stereocenters. The molecular weight excluding hydrogens is 321 g/mol. The van der Waals surface area contributed by atoms with E-state index in [1.54, 1.807) is 0 Å². The molecule has 20 heavy (non-hydrogen) atoms. The number of ketones is 1. The van der Waals surface area contributed by atoms with E-state index in [9.17, 15) is 9.18 Å². The van der Waals surface area contributed by atoms with Gasteiger partial charge in [-0.1, -0.05) is 18.2 Å². The lowest BCUT2D eigenvalue weighted by molar-refractivity contribution is 0.103. The largest absolute Gasteiger partial charge is 0.287 e. The molecule has 0 aliphatic carbocycles. The molecule has 0 aliphatic heterocycles. The van der Waals surface area contributed by atoms with Crippen LogP contribution in [0.4, 0.5) is 4.39 Å². The van der Waals surface area contributed by atoms with Gasteiger partial charge in [0.25, 0.3) is 0 Å². The van der Waals surface area contributed by atoms with E-state index in [-0.39, 0.29) is 11.6 Å². The fourth-order valence-corrected chi connectivity index (χ4v) is 2.50. The Morgan fingerprint density at radius 2 is 1.75 bits per heavy atom. The zero-order chi connectivity index (χ0) is 14.1. The molecule has 0 radical (unpaired) electrons. The number of benzene rings is 2. The summed E-state index contributed by atoms with van der Waals surface area (Å²) in [6, 6.07) is 14.9. The standard InChI is InChI=1S/C16H9BrFNO/c17-13-9-11-3-1-2-4-14(11)19-15(13)16(20)10-5-7-12(18)8-6-10/h1-9H. The Morgan fingerprint density at radius 1 is 1.05 bits per heavy atom. The molecule has 0 aliphatic rings. The summed E-state index contributed by atoms with van der Waals surface area (Å²) in [7, 11) is 0. The molecule has 2 aromatic carbocycles. The van der Waals surface area contributed by atoms with Gasteiger partial charge in [-0.3, -0.25) is 4.79 Å². The smallest absolute Gasteiger partial charge is 0.212 e. The number of hydrogen-bond acceptors (Lipinski definition) is 2. The third-order valence-corrected chi connectivity index (χ3v) is 3.60. The zero-order valence-electron chi connectivity index (χ0n) is 10.3. The maximum atomic E-state index is 12.9. The van der Waals surface area contributed by atoms with E-state index in [0.717, 1.165) is 10.9 Å². The lowest BCUT2D eigenvalue weighted by Crippen LogP contribution is -2.05. The van der Waals surface area contributed by atoms with E-state index in [2.05, 4.69) is 20.9 Å². The topological polar surface area (TPSA) is 30.0 Å². The third-order valence-electron chi connectivity index (χ3n) is 3.00. The maximum absolute atomic E-state index is 12.9. The minimum Gasteiger partial charge on any atom is -0.287 e. The van der Waals surface area contributed by atoms with Crippen LogP contribution in [0, 0.1) is 5.82 Å². The summed E-state index contributed by atoms with van der Waals surface area (Å²) in [4.78, 5) is 16.8. The monoisotopic (exact) mass is 329 g/mol. The number of carbonyl (C=O) groups excluding carboxylic acids is 1. The number of hydrogen-bond donors (Lipinski definition) is 0. The van der Waals surface area contributed by atoms with Gasteiger partial charge in [-0.15, -0.1) is 0 Å². The van der Waals surface area contributed by atoms with E-state index < -0.39 is 0 Å². The summed E-state index contributed by atoms with van der Waals surface area (Å²) in [6.07, 6.45) is 0. The lowest BCUT2D eigenvalue weighted by Gasteiger charge is -2.05. The van der Waals surface area contributed by atoms with Gasteiger partial charge in [0.1, 0.15) is 11.5 Å². The van der Waals surface area contributed by atoms with Crippen molar-refractivity contribution in [2.75, 3.05) is 0 Å². The van der Waals surface area contributed by atoms with Crippen molar-refractivity contribution >= 4 is 32.6 Å². The predicted octanol–water partition coefficient (Wildman–Crippen LogP) is 4.37. The van der Waals surface area contributed by atoms with Crippen LogP contribution in [0.1, 0.15) is 16.1 Å². The van der Waals surface area contributed by atoms with E-state index >= 15 is 0 Å². The quantitative estimate of drug-likeness (QED) is 0.653. The average Bonchev–Trinajstić information content (AvgIpc) is 2.46. The van der Waals surface area contributed by atoms with Gasteiger partial charge in [0.05, 0.1) is 5.52 Å². The molecule has 1 aromatic heterocycles. The summed E-state index contributed by atoms with van der Waals surface area (Å²) in [5.74, 6) is -0.602. The molecule has 0 bridgehead atoms. The lowest BCUT2D eigenvalue weighted by atomic mass is 10.1. The number of pyridine rings is 1. The number of rotatable bonds is 2. The first-order valence-corrected chi connectivity index (χ1v) is 6.80. The van der Waals surface area contributed by atoms with Crippen LogP contribution in [-0.4, -0.2) is 10.8 Å². The molecule has 2 nitrogen and oxygen atoms in total. The molecule has 0 fully saturated rings. The molecule has 0 saturated carbocycles. The Hall–Kier alpha value is -2.07. The van der Waals surface area contributed by atoms with Gasteiger partial charge in [0.15, 0.2) is 0 Å². The van der Waals surface area contributed by atoms with Gasteiger partial charge < -0.3 is 0 Å². The van der Waals surface area contributed by atoms with Crippen molar-refractivity contribution in [3.8, 4) is 0 Å². The van der Waals surface area contributed by atoms with Crippen molar-refractivity contribution in [2.45, 2.75) is 0 Å². The second kappa shape index (κ2) is 5.13. The number of aromatic nitrogens is 1. The summed E-state index contributed by atoms with van der Waals surface area (Å²) in [6.45, 7) is 0. The zero-order valence-corrected chi connectivity index (χ0v) is 11.9. The molecular formula is C16H9BrFNO.